The van der Waals surface area contributed by atoms with Crippen LogP contribution in [0.1, 0.15) is 11.1 Å². The van der Waals surface area contributed by atoms with Gasteiger partial charge in [-0.1, -0.05) is 35.3 Å². The molecular weight excluding hydrogens is 322 g/mol. The van der Waals surface area contributed by atoms with Gasteiger partial charge in [0, 0.05) is 15.4 Å². The fourth-order valence-corrected chi connectivity index (χ4v) is 3.57. The SMILES string of the molecule is Fc1ccc(-c2c3c(cc4c(Cl)cc(Cl)cc24)COC3)cc1. The van der Waals surface area contributed by atoms with Gasteiger partial charge in [-0.05, 0) is 58.0 Å². The van der Waals surface area contributed by atoms with Gasteiger partial charge in [0.2, 0.25) is 0 Å². The Hall–Kier alpha value is -1.61. The summed E-state index contributed by atoms with van der Waals surface area (Å²) in [6, 6.07) is 12.2. The molecule has 4 rings (SSSR count). The van der Waals surface area contributed by atoms with Gasteiger partial charge in [0.05, 0.1) is 13.2 Å². The first-order valence-electron chi connectivity index (χ1n) is 6.90. The zero-order chi connectivity index (χ0) is 15.3. The molecule has 1 heterocycles. The Morgan fingerprint density at radius 2 is 1.68 bits per heavy atom. The molecule has 0 unspecified atom stereocenters. The van der Waals surface area contributed by atoms with Crippen LogP contribution in [0.15, 0.2) is 42.5 Å². The summed E-state index contributed by atoms with van der Waals surface area (Å²) in [4.78, 5) is 0. The quantitative estimate of drug-likeness (QED) is 0.532. The maximum atomic E-state index is 13.3. The topological polar surface area (TPSA) is 9.23 Å². The smallest absolute Gasteiger partial charge is 0.123 e. The molecule has 1 aliphatic heterocycles. The zero-order valence-electron chi connectivity index (χ0n) is 11.5. The summed E-state index contributed by atoms with van der Waals surface area (Å²) in [6.07, 6.45) is 0. The highest BCUT2D eigenvalue weighted by Gasteiger charge is 2.21. The van der Waals surface area contributed by atoms with E-state index < -0.39 is 0 Å². The highest BCUT2D eigenvalue weighted by atomic mass is 35.5. The van der Waals surface area contributed by atoms with Crippen LogP contribution in [0.4, 0.5) is 4.39 Å². The second-order valence-electron chi connectivity index (χ2n) is 5.37. The second kappa shape index (κ2) is 5.24. The Labute approximate surface area is 137 Å². The molecule has 1 aliphatic rings. The van der Waals surface area contributed by atoms with E-state index in [-0.39, 0.29) is 5.82 Å². The maximum Gasteiger partial charge on any atom is 0.123 e. The van der Waals surface area contributed by atoms with Crippen LogP contribution in [0.25, 0.3) is 21.9 Å². The molecule has 0 saturated carbocycles. The van der Waals surface area contributed by atoms with Crippen molar-refractivity contribution in [3.8, 4) is 11.1 Å². The van der Waals surface area contributed by atoms with E-state index in [4.69, 9.17) is 27.9 Å². The van der Waals surface area contributed by atoms with E-state index in [1.54, 1.807) is 18.2 Å². The number of halogens is 3. The predicted octanol–water partition coefficient (Wildman–Crippen LogP) is 5.98. The second-order valence-corrected chi connectivity index (χ2v) is 6.22. The molecular formula is C18H11Cl2FO. The number of hydrogen-bond acceptors (Lipinski definition) is 1. The molecule has 3 aromatic carbocycles. The van der Waals surface area contributed by atoms with E-state index in [1.165, 1.54) is 12.1 Å². The first-order valence-corrected chi connectivity index (χ1v) is 7.66. The molecule has 0 bridgehead atoms. The summed E-state index contributed by atoms with van der Waals surface area (Å²) in [5.41, 5.74) is 4.20. The lowest BCUT2D eigenvalue weighted by Crippen LogP contribution is -1.92. The molecule has 0 saturated heterocycles. The standard InChI is InChI=1S/C18H11Cl2FO/c19-12-6-15-14(17(20)7-12)5-11-8-22-9-16(11)18(15)10-1-3-13(21)4-2-10/h1-7H,8-9H2. The van der Waals surface area contributed by atoms with Gasteiger partial charge in [-0.25, -0.2) is 4.39 Å². The van der Waals surface area contributed by atoms with Gasteiger partial charge in [-0.2, -0.15) is 0 Å². The van der Waals surface area contributed by atoms with E-state index >= 15 is 0 Å². The summed E-state index contributed by atoms with van der Waals surface area (Å²) in [6.45, 7) is 1.11. The summed E-state index contributed by atoms with van der Waals surface area (Å²) >= 11 is 12.5. The average Bonchev–Trinajstić information content (AvgIpc) is 2.94. The third kappa shape index (κ3) is 2.19. The predicted molar refractivity (Wildman–Crippen MR) is 87.9 cm³/mol. The van der Waals surface area contributed by atoms with Crippen LogP contribution < -0.4 is 0 Å². The summed E-state index contributed by atoms with van der Waals surface area (Å²) in [5.74, 6) is -0.257. The molecule has 4 heteroatoms. The lowest BCUT2D eigenvalue weighted by Gasteiger charge is -2.14. The summed E-state index contributed by atoms with van der Waals surface area (Å²) < 4.78 is 18.8. The largest absolute Gasteiger partial charge is 0.372 e. The first kappa shape index (κ1) is 14.0. The van der Waals surface area contributed by atoms with Crippen LogP contribution in [0, 0.1) is 5.82 Å². The molecule has 0 spiro atoms. The molecule has 0 N–H and O–H groups in total. The van der Waals surface area contributed by atoms with Crippen molar-refractivity contribution in [2.75, 3.05) is 0 Å². The van der Waals surface area contributed by atoms with Crippen molar-refractivity contribution in [3.05, 3.63) is 69.5 Å². The van der Waals surface area contributed by atoms with Crippen molar-refractivity contribution in [1.29, 1.82) is 0 Å². The minimum Gasteiger partial charge on any atom is -0.372 e. The third-order valence-corrected chi connectivity index (χ3v) is 4.54. The van der Waals surface area contributed by atoms with Crippen LogP contribution >= 0.6 is 23.2 Å². The molecule has 0 atom stereocenters. The van der Waals surface area contributed by atoms with Crippen LogP contribution in [0.5, 0.6) is 0 Å². The highest BCUT2D eigenvalue weighted by Crippen LogP contribution is 2.41. The van der Waals surface area contributed by atoms with Crippen LogP contribution in [0.3, 0.4) is 0 Å². The third-order valence-electron chi connectivity index (χ3n) is 4.01. The molecule has 0 aliphatic carbocycles. The van der Waals surface area contributed by atoms with E-state index in [0.29, 0.717) is 23.3 Å². The number of benzene rings is 3. The van der Waals surface area contributed by atoms with Gasteiger partial charge < -0.3 is 4.74 Å². The summed E-state index contributed by atoms with van der Waals surface area (Å²) in [7, 11) is 0. The number of rotatable bonds is 1. The van der Waals surface area contributed by atoms with Gasteiger partial charge in [0.25, 0.3) is 0 Å². The van der Waals surface area contributed by atoms with E-state index in [2.05, 4.69) is 6.07 Å². The molecule has 0 amide bonds. The molecule has 0 radical (unpaired) electrons. The number of hydrogen-bond donors (Lipinski definition) is 0. The van der Waals surface area contributed by atoms with Crippen molar-refractivity contribution in [2.45, 2.75) is 13.2 Å². The lowest BCUT2D eigenvalue weighted by atomic mass is 9.91. The maximum absolute atomic E-state index is 13.3. The number of fused-ring (bicyclic) bond motifs is 2. The number of ether oxygens (including phenoxy) is 1. The minimum atomic E-state index is -0.257. The molecule has 1 nitrogen and oxygen atoms in total. The Morgan fingerprint density at radius 1 is 0.909 bits per heavy atom. The molecule has 0 aromatic heterocycles. The van der Waals surface area contributed by atoms with Crippen molar-refractivity contribution >= 4 is 34.0 Å². The van der Waals surface area contributed by atoms with Crippen molar-refractivity contribution in [1.82, 2.24) is 0 Å². The monoisotopic (exact) mass is 332 g/mol. The van der Waals surface area contributed by atoms with Crippen LogP contribution in [0.2, 0.25) is 10.0 Å². The zero-order valence-corrected chi connectivity index (χ0v) is 13.0. The van der Waals surface area contributed by atoms with Crippen LogP contribution in [-0.4, -0.2) is 0 Å². The van der Waals surface area contributed by atoms with Gasteiger partial charge in [0.1, 0.15) is 5.82 Å². The molecule has 0 fully saturated rings. The van der Waals surface area contributed by atoms with E-state index in [9.17, 15) is 4.39 Å². The van der Waals surface area contributed by atoms with Gasteiger partial charge in [-0.15, -0.1) is 0 Å². The Balaban J connectivity index is 2.13. The molecule has 3 aromatic rings. The molecule has 22 heavy (non-hydrogen) atoms. The van der Waals surface area contributed by atoms with E-state index in [0.717, 1.165) is 33.0 Å². The van der Waals surface area contributed by atoms with Gasteiger partial charge in [0.15, 0.2) is 0 Å². The van der Waals surface area contributed by atoms with Crippen molar-refractivity contribution in [2.24, 2.45) is 0 Å². The molecule has 110 valence electrons. The fraction of sp³-hybridized carbons (Fsp3) is 0.111. The normalized spacial score (nSPS) is 13.6. The highest BCUT2D eigenvalue weighted by molar-refractivity contribution is 6.39. The average molecular weight is 333 g/mol. The first-order chi connectivity index (χ1) is 10.6. The van der Waals surface area contributed by atoms with E-state index in [1.807, 2.05) is 6.07 Å². The minimum absolute atomic E-state index is 0.257. The Kier molecular flexibility index (Phi) is 3.33. The lowest BCUT2D eigenvalue weighted by molar-refractivity contribution is 0.134. The fourth-order valence-electron chi connectivity index (χ4n) is 3.03. The Morgan fingerprint density at radius 3 is 2.45 bits per heavy atom. The van der Waals surface area contributed by atoms with Crippen molar-refractivity contribution in [3.63, 3.8) is 0 Å². The van der Waals surface area contributed by atoms with Crippen molar-refractivity contribution < 1.29 is 9.13 Å². The van der Waals surface area contributed by atoms with Crippen LogP contribution in [-0.2, 0) is 18.0 Å². The summed E-state index contributed by atoms with van der Waals surface area (Å²) in [5, 5.41) is 3.10. The Bertz CT molecular complexity index is 888. The van der Waals surface area contributed by atoms with Gasteiger partial charge >= 0.3 is 0 Å². The van der Waals surface area contributed by atoms with Gasteiger partial charge in [-0.3, -0.25) is 0 Å².